The van der Waals surface area contributed by atoms with Crippen molar-refractivity contribution >= 4 is 28.2 Å². The molecule has 2 aromatic heterocycles. The summed E-state index contributed by atoms with van der Waals surface area (Å²) in [6.45, 7) is 7.22. The highest BCUT2D eigenvalue weighted by Crippen LogP contribution is 2.35. The van der Waals surface area contributed by atoms with Crippen molar-refractivity contribution in [1.82, 2.24) is 24.6 Å². The summed E-state index contributed by atoms with van der Waals surface area (Å²) in [6.07, 6.45) is 5.81. The molecule has 6 rings (SSSR count). The summed E-state index contributed by atoms with van der Waals surface area (Å²) >= 11 is 6.35. The van der Waals surface area contributed by atoms with Gasteiger partial charge in [-0.25, -0.2) is 0 Å². The molecule has 1 N–H and O–H groups in total. The van der Waals surface area contributed by atoms with Crippen LogP contribution in [0.3, 0.4) is 0 Å². The maximum Gasteiger partial charge on any atom is 0.157 e. The Labute approximate surface area is 199 Å². The van der Waals surface area contributed by atoms with Gasteiger partial charge in [0.15, 0.2) is 5.82 Å². The van der Waals surface area contributed by atoms with Crippen LogP contribution in [-0.2, 0) is 6.54 Å². The third-order valence-electron chi connectivity index (χ3n) is 7.29. The summed E-state index contributed by atoms with van der Waals surface area (Å²) in [5.41, 5.74) is 5.05. The third-order valence-corrected chi connectivity index (χ3v) is 7.53. The predicted molar refractivity (Wildman–Crippen MR) is 133 cm³/mol. The van der Waals surface area contributed by atoms with Crippen LogP contribution in [0.2, 0.25) is 5.02 Å². The summed E-state index contributed by atoms with van der Waals surface area (Å²) in [6, 6.07) is 14.8. The SMILES string of the molecule is Cc1nnc2n1-c1ccc(Cl)cc1N(CCCN1CCC(c3c[nH]c4ccccc34)CC1)C2. The Morgan fingerprint density at radius 3 is 2.76 bits per heavy atom. The summed E-state index contributed by atoms with van der Waals surface area (Å²) in [7, 11) is 0. The highest BCUT2D eigenvalue weighted by atomic mass is 35.5. The number of aromatic nitrogens is 4. The van der Waals surface area contributed by atoms with E-state index in [0.29, 0.717) is 5.92 Å². The van der Waals surface area contributed by atoms with Crippen LogP contribution in [-0.4, -0.2) is 50.8 Å². The van der Waals surface area contributed by atoms with Crippen molar-refractivity contribution in [3.8, 4) is 5.69 Å². The lowest BCUT2D eigenvalue weighted by Crippen LogP contribution is -2.36. The number of rotatable bonds is 5. The molecule has 7 heteroatoms. The first-order chi connectivity index (χ1) is 16.2. The molecule has 0 unspecified atom stereocenters. The van der Waals surface area contributed by atoms with Gasteiger partial charge in [-0.1, -0.05) is 29.8 Å². The van der Waals surface area contributed by atoms with E-state index in [9.17, 15) is 0 Å². The van der Waals surface area contributed by atoms with Crippen LogP contribution in [0.4, 0.5) is 5.69 Å². The van der Waals surface area contributed by atoms with Crippen LogP contribution in [0.5, 0.6) is 0 Å². The molecule has 2 aliphatic heterocycles. The minimum absolute atomic E-state index is 0.656. The molecule has 0 saturated carbocycles. The Morgan fingerprint density at radius 1 is 1.03 bits per heavy atom. The fourth-order valence-electron chi connectivity index (χ4n) is 5.60. The Morgan fingerprint density at radius 2 is 1.88 bits per heavy atom. The summed E-state index contributed by atoms with van der Waals surface area (Å²) in [5.74, 6) is 2.58. The van der Waals surface area contributed by atoms with Crippen LogP contribution in [0.25, 0.3) is 16.6 Å². The number of piperidine rings is 1. The van der Waals surface area contributed by atoms with E-state index in [4.69, 9.17) is 11.6 Å². The average Bonchev–Trinajstić information content (AvgIpc) is 3.43. The number of nitrogens with one attached hydrogen (secondary N) is 1. The van der Waals surface area contributed by atoms with Gasteiger partial charge in [0.05, 0.1) is 17.9 Å². The fourth-order valence-corrected chi connectivity index (χ4v) is 5.77. The van der Waals surface area contributed by atoms with Crippen LogP contribution in [0, 0.1) is 6.92 Å². The Balaban J connectivity index is 1.07. The van der Waals surface area contributed by atoms with Crippen LogP contribution in [0.15, 0.2) is 48.7 Å². The molecule has 0 spiro atoms. The van der Waals surface area contributed by atoms with Crippen molar-refractivity contribution in [2.45, 2.75) is 38.6 Å². The van der Waals surface area contributed by atoms with Gasteiger partial charge in [-0.05, 0) is 81.6 Å². The summed E-state index contributed by atoms with van der Waals surface area (Å²) < 4.78 is 2.15. The number of nitrogens with zero attached hydrogens (tertiary/aromatic N) is 5. The molecule has 1 fully saturated rings. The standard InChI is InChI=1S/C26H29ClN6/c1-18-29-30-26-17-32(25-15-20(27)7-8-24(25)33(18)26)12-4-11-31-13-9-19(10-14-31)22-16-28-23-6-3-2-5-21(22)23/h2-3,5-8,15-16,19,28H,4,9-14,17H2,1H3. The fraction of sp³-hybridized carbons (Fsp3) is 0.385. The predicted octanol–water partition coefficient (Wildman–Crippen LogP) is 5.30. The van der Waals surface area contributed by atoms with E-state index < -0.39 is 0 Å². The van der Waals surface area contributed by atoms with Gasteiger partial charge in [0.1, 0.15) is 5.82 Å². The first-order valence-electron chi connectivity index (χ1n) is 11.9. The molecule has 0 aliphatic carbocycles. The number of aromatic amines is 1. The van der Waals surface area contributed by atoms with E-state index in [1.807, 2.05) is 13.0 Å². The number of aryl methyl sites for hydroxylation is 1. The molecule has 0 bridgehead atoms. The zero-order valence-electron chi connectivity index (χ0n) is 19.0. The lowest BCUT2D eigenvalue weighted by Gasteiger charge is -2.34. The molecule has 4 aromatic rings. The molecule has 6 nitrogen and oxygen atoms in total. The van der Waals surface area contributed by atoms with Crippen molar-refractivity contribution in [3.63, 3.8) is 0 Å². The lowest BCUT2D eigenvalue weighted by atomic mass is 9.89. The number of fused-ring (bicyclic) bond motifs is 4. The molecule has 2 aliphatic rings. The van der Waals surface area contributed by atoms with Crippen molar-refractivity contribution in [2.75, 3.05) is 31.1 Å². The second-order valence-electron chi connectivity index (χ2n) is 9.31. The van der Waals surface area contributed by atoms with Crippen LogP contribution < -0.4 is 4.90 Å². The highest BCUT2D eigenvalue weighted by molar-refractivity contribution is 6.31. The number of H-pyrrole nitrogens is 1. The van der Waals surface area contributed by atoms with E-state index in [0.717, 1.165) is 48.4 Å². The Hall–Kier alpha value is -2.83. The highest BCUT2D eigenvalue weighted by Gasteiger charge is 2.26. The van der Waals surface area contributed by atoms with E-state index in [1.165, 1.54) is 48.1 Å². The molecular formula is C26H29ClN6. The normalized spacial score (nSPS) is 16.8. The zero-order valence-corrected chi connectivity index (χ0v) is 19.7. The van der Waals surface area contributed by atoms with Gasteiger partial charge in [0, 0.05) is 28.7 Å². The molecule has 33 heavy (non-hydrogen) atoms. The zero-order chi connectivity index (χ0) is 22.4. The Bertz CT molecular complexity index is 1280. The quantitative estimate of drug-likeness (QED) is 0.439. The van der Waals surface area contributed by atoms with Crippen LogP contribution in [0.1, 0.15) is 42.4 Å². The molecule has 0 radical (unpaired) electrons. The van der Waals surface area contributed by atoms with Gasteiger partial charge in [-0.2, -0.15) is 0 Å². The maximum atomic E-state index is 6.35. The average molecular weight is 461 g/mol. The molecule has 0 amide bonds. The number of hydrogen-bond acceptors (Lipinski definition) is 4. The topological polar surface area (TPSA) is 53.0 Å². The third kappa shape index (κ3) is 3.81. The molecule has 170 valence electrons. The van der Waals surface area contributed by atoms with Gasteiger partial charge in [0.2, 0.25) is 0 Å². The monoisotopic (exact) mass is 460 g/mol. The van der Waals surface area contributed by atoms with Crippen LogP contribution >= 0.6 is 11.6 Å². The van der Waals surface area contributed by atoms with Gasteiger partial charge in [0.25, 0.3) is 0 Å². The van der Waals surface area contributed by atoms with Gasteiger partial charge in [-0.15, -0.1) is 10.2 Å². The maximum absolute atomic E-state index is 6.35. The first-order valence-corrected chi connectivity index (χ1v) is 12.3. The second-order valence-corrected chi connectivity index (χ2v) is 9.75. The van der Waals surface area contributed by atoms with Crippen molar-refractivity contribution in [2.24, 2.45) is 0 Å². The van der Waals surface area contributed by atoms with E-state index in [-0.39, 0.29) is 0 Å². The minimum atomic E-state index is 0.656. The number of benzene rings is 2. The molecule has 1 saturated heterocycles. The van der Waals surface area contributed by atoms with Crippen molar-refractivity contribution < 1.29 is 0 Å². The second kappa shape index (κ2) is 8.50. The van der Waals surface area contributed by atoms with Gasteiger partial charge in [-0.3, -0.25) is 4.57 Å². The van der Waals surface area contributed by atoms with E-state index >= 15 is 0 Å². The number of para-hydroxylation sites is 1. The summed E-state index contributed by atoms with van der Waals surface area (Å²) in [4.78, 5) is 8.48. The lowest BCUT2D eigenvalue weighted by molar-refractivity contribution is 0.211. The minimum Gasteiger partial charge on any atom is -0.362 e. The smallest absolute Gasteiger partial charge is 0.157 e. The van der Waals surface area contributed by atoms with Gasteiger partial charge < -0.3 is 14.8 Å². The van der Waals surface area contributed by atoms with Crippen molar-refractivity contribution in [1.29, 1.82) is 0 Å². The number of anilines is 1. The van der Waals surface area contributed by atoms with E-state index in [2.05, 4.69) is 72.1 Å². The van der Waals surface area contributed by atoms with Gasteiger partial charge >= 0.3 is 0 Å². The molecule has 4 heterocycles. The molecule has 0 atom stereocenters. The largest absolute Gasteiger partial charge is 0.362 e. The summed E-state index contributed by atoms with van der Waals surface area (Å²) in [5, 5.41) is 10.9. The number of hydrogen-bond donors (Lipinski definition) is 1. The van der Waals surface area contributed by atoms with Crippen molar-refractivity contribution in [3.05, 3.63) is 70.9 Å². The molecule has 2 aromatic carbocycles. The first kappa shape index (κ1) is 20.8. The molecular weight excluding hydrogens is 432 g/mol. The number of halogens is 1. The Kier molecular flexibility index (Phi) is 5.35. The van der Waals surface area contributed by atoms with E-state index in [1.54, 1.807) is 0 Å². The number of likely N-dealkylation sites (tertiary alicyclic amines) is 1.